The Morgan fingerprint density at radius 3 is 2.00 bits per heavy atom. The van der Waals surface area contributed by atoms with E-state index >= 15 is 0 Å². The first-order valence-corrected chi connectivity index (χ1v) is 3.00. The minimum Gasteiger partial charge on any atom is -0.689 e. The molecule has 0 aliphatic carbocycles. The lowest BCUT2D eigenvalue weighted by molar-refractivity contribution is -0.0971. The topological polar surface area (TPSA) is 18.5 Å². The monoisotopic (exact) mass is 127 g/mol. The van der Waals surface area contributed by atoms with Crippen molar-refractivity contribution in [3.8, 4) is 5.92 Å². The van der Waals surface area contributed by atoms with Gasteiger partial charge in [0.05, 0.1) is 0 Å². The summed E-state index contributed by atoms with van der Waals surface area (Å²) in [5, 5.41) is 0. The summed E-state index contributed by atoms with van der Waals surface area (Å²) in [7, 11) is 0. The van der Waals surface area contributed by atoms with Crippen LogP contribution in [0.25, 0.3) is 0 Å². The molecule has 0 rings (SSSR count). The van der Waals surface area contributed by atoms with Crippen molar-refractivity contribution in [2.45, 2.75) is 20.1 Å². The molecule has 2 nitrogen and oxygen atoms in total. The van der Waals surface area contributed by atoms with Crippen LogP contribution in [0, 0.1) is 12.3 Å². The Labute approximate surface area is 56.2 Å². The van der Waals surface area contributed by atoms with Crippen LogP contribution in [-0.2, 0) is 9.47 Å². The zero-order valence-corrected chi connectivity index (χ0v) is 5.81. The fourth-order valence-corrected chi connectivity index (χ4v) is 0.434. The largest absolute Gasteiger partial charge is 0.689 e. The molecular formula is C7H11O2-. The predicted molar refractivity (Wildman–Crippen MR) is 34.2 cm³/mol. The SMILES string of the molecule is [C-]#CC(OCC)OCC. The van der Waals surface area contributed by atoms with Gasteiger partial charge in [-0.25, -0.2) is 0 Å². The molecule has 0 aromatic heterocycles. The molecule has 0 unspecified atom stereocenters. The highest BCUT2D eigenvalue weighted by Crippen LogP contribution is 1.90. The van der Waals surface area contributed by atoms with Gasteiger partial charge in [0.2, 0.25) is 0 Å². The Kier molecular flexibility index (Phi) is 5.29. The van der Waals surface area contributed by atoms with Crippen LogP contribution in [0.5, 0.6) is 0 Å². The summed E-state index contributed by atoms with van der Waals surface area (Å²) in [6.07, 6.45) is 6.10. The second-order valence-corrected chi connectivity index (χ2v) is 1.39. The van der Waals surface area contributed by atoms with E-state index in [1.54, 1.807) is 0 Å². The zero-order chi connectivity index (χ0) is 7.11. The Bertz CT molecular complexity index is 87.6. The van der Waals surface area contributed by atoms with E-state index in [4.69, 9.17) is 15.9 Å². The number of rotatable bonds is 4. The molecule has 2 heteroatoms. The summed E-state index contributed by atoms with van der Waals surface area (Å²) >= 11 is 0. The van der Waals surface area contributed by atoms with E-state index in [0.717, 1.165) is 0 Å². The quantitative estimate of drug-likeness (QED) is 0.318. The molecule has 0 heterocycles. The van der Waals surface area contributed by atoms with Crippen LogP contribution < -0.4 is 0 Å². The highest BCUT2D eigenvalue weighted by molar-refractivity contribution is 4.80. The van der Waals surface area contributed by atoms with Crippen LogP contribution in [0.1, 0.15) is 13.8 Å². The van der Waals surface area contributed by atoms with E-state index in [-0.39, 0.29) is 0 Å². The highest BCUT2D eigenvalue weighted by atomic mass is 16.7. The van der Waals surface area contributed by atoms with Gasteiger partial charge < -0.3 is 15.9 Å². The molecule has 52 valence electrons. The predicted octanol–water partition coefficient (Wildman–Crippen LogP) is 0.975. The minimum atomic E-state index is -0.569. The first-order chi connectivity index (χ1) is 4.35. The Hall–Kier alpha value is -0.520. The van der Waals surface area contributed by atoms with Crippen LogP contribution in [0.4, 0.5) is 0 Å². The molecule has 0 amide bonds. The molecule has 9 heavy (non-hydrogen) atoms. The van der Waals surface area contributed by atoms with Gasteiger partial charge in [0.15, 0.2) is 6.29 Å². The lowest BCUT2D eigenvalue weighted by Gasteiger charge is -2.12. The fraction of sp³-hybridized carbons (Fsp3) is 0.714. The molecule has 0 aromatic rings. The maximum Gasteiger partial charge on any atom is 0.183 e. The summed E-state index contributed by atoms with van der Waals surface area (Å²) in [4.78, 5) is 0. The molecule has 0 atom stereocenters. The standard InChI is InChI=1S/C7H11O2/c1-4-7(8-5-2)9-6-3/h7H,5-6H2,2-3H3/q-1. The van der Waals surface area contributed by atoms with E-state index in [1.807, 2.05) is 13.8 Å². The lowest BCUT2D eigenvalue weighted by Crippen LogP contribution is -2.14. The van der Waals surface area contributed by atoms with E-state index in [0.29, 0.717) is 13.2 Å². The van der Waals surface area contributed by atoms with Crippen molar-refractivity contribution in [2.24, 2.45) is 0 Å². The molecule has 0 radical (unpaired) electrons. The van der Waals surface area contributed by atoms with Gasteiger partial charge in [-0.3, -0.25) is 5.92 Å². The van der Waals surface area contributed by atoms with Gasteiger partial charge in [-0.05, 0) is 13.8 Å². The van der Waals surface area contributed by atoms with Gasteiger partial charge in [-0.1, -0.05) is 0 Å². The summed E-state index contributed by atoms with van der Waals surface area (Å²) < 4.78 is 9.82. The third-order valence-corrected chi connectivity index (χ3v) is 0.754. The molecule has 0 spiro atoms. The second kappa shape index (κ2) is 5.61. The van der Waals surface area contributed by atoms with Gasteiger partial charge in [-0.15, -0.1) is 0 Å². The molecule has 0 saturated carbocycles. The fourth-order valence-electron chi connectivity index (χ4n) is 0.434. The summed E-state index contributed by atoms with van der Waals surface area (Å²) in [6.45, 7) is 4.81. The van der Waals surface area contributed by atoms with Crippen LogP contribution >= 0.6 is 0 Å². The molecule has 0 saturated heterocycles. The van der Waals surface area contributed by atoms with Crippen molar-refractivity contribution in [1.82, 2.24) is 0 Å². The van der Waals surface area contributed by atoms with Crippen molar-refractivity contribution in [3.05, 3.63) is 6.42 Å². The minimum absolute atomic E-state index is 0.552. The van der Waals surface area contributed by atoms with Crippen LogP contribution in [-0.4, -0.2) is 19.5 Å². The lowest BCUT2D eigenvalue weighted by atomic mass is 10.6. The molecule has 0 aromatic carbocycles. The smallest absolute Gasteiger partial charge is 0.183 e. The zero-order valence-electron chi connectivity index (χ0n) is 5.81. The van der Waals surface area contributed by atoms with Crippen LogP contribution in [0.15, 0.2) is 0 Å². The number of ether oxygens (including phenoxy) is 2. The summed E-state index contributed by atoms with van der Waals surface area (Å²) in [6, 6.07) is 0. The first-order valence-electron chi connectivity index (χ1n) is 3.00. The Morgan fingerprint density at radius 2 is 1.78 bits per heavy atom. The van der Waals surface area contributed by atoms with Gasteiger partial charge in [0, 0.05) is 13.2 Å². The maximum absolute atomic E-state index is 6.67. The van der Waals surface area contributed by atoms with E-state index in [9.17, 15) is 0 Å². The Balaban J connectivity index is 3.32. The van der Waals surface area contributed by atoms with Crippen molar-refractivity contribution in [3.63, 3.8) is 0 Å². The van der Waals surface area contributed by atoms with Crippen LogP contribution in [0.3, 0.4) is 0 Å². The van der Waals surface area contributed by atoms with Crippen molar-refractivity contribution >= 4 is 0 Å². The second-order valence-electron chi connectivity index (χ2n) is 1.39. The Morgan fingerprint density at radius 1 is 1.33 bits per heavy atom. The first kappa shape index (κ1) is 8.48. The molecule has 0 N–H and O–H groups in total. The molecular weight excluding hydrogens is 116 g/mol. The van der Waals surface area contributed by atoms with Gasteiger partial charge in [0.1, 0.15) is 0 Å². The van der Waals surface area contributed by atoms with Gasteiger partial charge >= 0.3 is 0 Å². The maximum atomic E-state index is 6.67. The average molecular weight is 127 g/mol. The van der Waals surface area contributed by atoms with Crippen LogP contribution in [0.2, 0.25) is 0 Å². The van der Waals surface area contributed by atoms with Gasteiger partial charge in [0.25, 0.3) is 0 Å². The molecule has 0 aliphatic rings. The molecule has 0 aliphatic heterocycles. The molecule has 0 bridgehead atoms. The van der Waals surface area contributed by atoms with E-state index in [2.05, 4.69) is 5.92 Å². The average Bonchev–Trinajstić information content (AvgIpc) is 1.88. The third kappa shape index (κ3) is 4.01. The van der Waals surface area contributed by atoms with E-state index < -0.39 is 6.29 Å². The van der Waals surface area contributed by atoms with Crippen molar-refractivity contribution < 1.29 is 9.47 Å². The normalized spacial score (nSPS) is 9.56. The van der Waals surface area contributed by atoms with Crippen molar-refractivity contribution in [1.29, 1.82) is 0 Å². The van der Waals surface area contributed by atoms with Gasteiger partial charge in [-0.2, -0.15) is 0 Å². The van der Waals surface area contributed by atoms with E-state index in [1.165, 1.54) is 0 Å². The summed E-state index contributed by atoms with van der Waals surface area (Å²) in [5.74, 6) is 2.11. The number of hydrogen-bond acceptors (Lipinski definition) is 2. The molecule has 0 fully saturated rings. The summed E-state index contributed by atoms with van der Waals surface area (Å²) in [5.41, 5.74) is 0. The van der Waals surface area contributed by atoms with Crippen molar-refractivity contribution in [2.75, 3.05) is 13.2 Å². The third-order valence-electron chi connectivity index (χ3n) is 0.754. The number of hydrogen-bond donors (Lipinski definition) is 0. The highest BCUT2D eigenvalue weighted by Gasteiger charge is 1.94.